The second-order valence-corrected chi connectivity index (χ2v) is 6.85. The van der Waals surface area contributed by atoms with Crippen LogP contribution in [0.3, 0.4) is 0 Å². The minimum atomic E-state index is -0.371. The topological polar surface area (TPSA) is 85.3 Å². The fourth-order valence-corrected chi connectivity index (χ4v) is 3.33. The highest BCUT2D eigenvalue weighted by Crippen LogP contribution is 2.28. The molecule has 0 spiro atoms. The molecule has 1 N–H and O–H groups in total. The number of furan rings is 1. The third kappa shape index (κ3) is 4.01. The number of benzene rings is 1. The standard InChI is InChI=1S/C21H20FN5O2/c1-13-12-14(2)27-21(24-13)25-19(26-27)20(28)23-10-9-17(18-4-3-11-29-18)15-5-7-16(22)8-6-15/h3-8,11-12,17H,9-10H2,1-2H3,(H,23,28)/t17-/m1/s1. The molecule has 0 bridgehead atoms. The Labute approximate surface area is 166 Å². The van der Waals surface area contributed by atoms with Crippen LogP contribution in [0.25, 0.3) is 5.78 Å². The van der Waals surface area contributed by atoms with Crippen molar-refractivity contribution in [1.82, 2.24) is 24.9 Å². The van der Waals surface area contributed by atoms with Crippen molar-refractivity contribution < 1.29 is 13.6 Å². The van der Waals surface area contributed by atoms with Gasteiger partial charge in [-0.3, -0.25) is 4.79 Å². The van der Waals surface area contributed by atoms with Gasteiger partial charge in [0.05, 0.1) is 6.26 Å². The van der Waals surface area contributed by atoms with E-state index >= 15 is 0 Å². The fourth-order valence-electron chi connectivity index (χ4n) is 3.33. The summed E-state index contributed by atoms with van der Waals surface area (Å²) in [6.45, 7) is 4.13. The van der Waals surface area contributed by atoms with Crippen LogP contribution in [0.15, 0.2) is 53.1 Å². The van der Waals surface area contributed by atoms with Gasteiger partial charge in [-0.15, -0.1) is 5.10 Å². The molecule has 0 saturated heterocycles. The van der Waals surface area contributed by atoms with Gasteiger partial charge in [0.1, 0.15) is 11.6 Å². The third-order valence-electron chi connectivity index (χ3n) is 4.70. The van der Waals surface area contributed by atoms with Gasteiger partial charge in [-0.2, -0.15) is 4.98 Å². The monoisotopic (exact) mass is 393 g/mol. The number of hydrogen-bond donors (Lipinski definition) is 1. The molecule has 29 heavy (non-hydrogen) atoms. The summed E-state index contributed by atoms with van der Waals surface area (Å²) >= 11 is 0. The zero-order valence-corrected chi connectivity index (χ0v) is 16.1. The normalized spacial score (nSPS) is 12.2. The summed E-state index contributed by atoms with van der Waals surface area (Å²) in [6.07, 6.45) is 2.18. The molecule has 0 saturated carbocycles. The molecule has 8 heteroatoms. The van der Waals surface area contributed by atoms with E-state index in [0.717, 1.165) is 22.7 Å². The molecule has 7 nitrogen and oxygen atoms in total. The first-order chi connectivity index (χ1) is 14.0. The molecular weight excluding hydrogens is 373 g/mol. The van der Waals surface area contributed by atoms with Gasteiger partial charge in [0.2, 0.25) is 5.82 Å². The van der Waals surface area contributed by atoms with Crippen LogP contribution in [-0.4, -0.2) is 32.0 Å². The average Bonchev–Trinajstić information content (AvgIpc) is 3.36. The molecule has 1 atom stereocenters. The van der Waals surface area contributed by atoms with Gasteiger partial charge < -0.3 is 9.73 Å². The van der Waals surface area contributed by atoms with E-state index in [2.05, 4.69) is 20.4 Å². The van der Waals surface area contributed by atoms with Crippen molar-refractivity contribution in [2.45, 2.75) is 26.2 Å². The number of halogens is 1. The first kappa shape index (κ1) is 18.8. The first-order valence-corrected chi connectivity index (χ1v) is 9.29. The quantitative estimate of drug-likeness (QED) is 0.542. The number of aryl methyl sites for hydroxylation is 2. The number of amides is 1. The van der Waals surface area contributed by atoms with E-state index in [1.807, 2.05) is 32.0 Å². The molecule has 0 aliphatic heterocycles. The second kappa shape index (κ2) is 7.83. The van der Waals surface area contributed by atoms with Crippen LogP contribution < -0.4 is 5.32 Å². The van der Waals surface area contributed by atoms with E-state index in [1.54, 1.807) is 22.9 Å². The number of nitrogens with zero attached hydrogens (tertiary/aromatic N) is 4. The van der Waals surface area contributed by atoms with E-state index in [-0.39, 0.29) is 23.5 Å². The Bertz CT molecular complexity index is 1140. The van der Waals surface area contributed by atoms with Gasteiger partial charge in [0.15, 0.2) is 0 Å². The van der Waals surface area contributed by atoms with Crippen molar-refractivity contribution in [2.24, 2.45) is 0 Å². The highest BCUT2D eigenvalue weighted by atomic mass is 19.1. The third-order valence-corrected chi connectivity index (χ3v) is 4.70. The summed E-state index contributed by atoms with van der Waals surface area (Å²) in [4.78, 5) is 21.0. The molecule has 1 amide bonds. The smallest absolute Gasteiger partial charge is 0.291 e. The van der Waals surface area contributed by atoms with Crippen LogP contribution in [0.2, 0.25) is 0 Å². The van der Waals surface area contributed by atoms with E-state index in [1.165, 1.54) is 12.1 Å². The number of aromatic nitrogens is 4. The van der Waals surface area contributed by atoms with Gasteiger partial charge in [-0.25, -0.2) is 13.9 Å². The Hall–Kier alpha value is -3.55. The van der Waals surface area contributed by atoms with Gasteiger partial charge in [0, 0.05) is 23.9 Å². The molecule has 0 unspecified atom stereocenters. The highest BCUT2D eigenvalue weighted by molar-refractivity contribution is 5.90. The van der Waals surface area contributed by atoms with Crippen LogP contribution in [0.4, 0.5) is 4.39 Å². The maximum absolute atomic E-state index is 13.3. The van der Waals surface area contributed by atoms with Crippen molar-refractivity contribution in [3.05, 3.63) is 83.1 Å². The Morgan fingerprint density at radius 1 is 1.21 bits per heavy atom. The Morgan fingerprint density at radius 2 is 2.00 bits per heavy atom. The second-order valence-electron chi connectivity index (χ2n) is 6.85. The number of carbonyl (C=O) groups excluding carboxylic acids is 1. The SMILES string of the molecule is Cc1cc(C)n2nc(C(=O)NCC[C@H](c3ccc(F)cc3)c3ccco3)nc2n1. The zero-order chi connectivity index (χ0) is 20.4. The predicted molar refractivity (Wildman–Crippen MR) is 104 cm³/mol. The van der Waals surface area contributed by atoms with Crippen LogP contribution in [0.5, 0.6) is 0 Å². The summed E-state index contributed by atoms with van der Waals surface area (Å²) in [5.41, 5.74) is 2.58. The van der Waals surface area contributed by atoms with Gasteiger partial charge in [0.25, 0.3) is 11.7 Å². The van der Waals surface area contributed by atoms with Crippen molar-refractivity contribution in [1.29, 1.82) is 0 Å². The average molecular weight is 393 g/mol. The molecule has 3 aromatic heterocycles. The number of fused-ring (bicyclic) bond motifs is 1. The van der Waals surface area contributed by atoms with Crippen LogP contribution in [-0.2, 0) is 0 Å². The number of carbonyl (C=O) groups is 1. The van der Waals surface area contributed by atoms with Gasteiger partial charge in [-0.1, -0.05) is 12.1 Å². The lowest BCUT2D eigenvalue weighted by atomic mass is 9.93. The van der Waals surface area contributed by atoms with E-state index in [9.17, 15) is 9.18 Å². The highest BCUT2D eigenvalue weighted by Gasteiger charge is 2.19. The summed E-state index contributed by atoms with van der Waals surface area (Å²) in [5, 5.41) is 7.09. The van der Waals surface area contributed by atoms with Crippen molar-refractivity contribution in [3.8, 4) is 0 Å². The molecule has 1 aromatic carbocycles. The Morgan fingerprint density at radius 3 is 2.72 bits per heavy atom. The molecule has 0 aliphatic rings. The minimum Gasteiger partial charge on any atom is -0.469 e. The number of hydrogen-bond acceptors (Lipinski definition) is 5. The largest absolute Gasteiger partial charge is 0.469 e. The summed E-state index contributed by atoms with van der Waals surface area (Å²) in [7, 11) is 0. The molecular formula is C21H20FN5O2. The lowest BCUT2D eigenvalue weighted by molar-refractivity contribution is 0.0942. The first-order valence-electron chi connectivity index (χ1n) is 9.29. The molecule has 0 aliphatic carbocycles. The van der Waals surface area contributed by atoms with Crippen LogP contribution in [0, 0.1) is 19.7 Å². The molecule has 0 radical (unpaired) electrons. The maximum atomic E-state index is 13.3. The summed E-state index contributed by atoms with van der Waals surface area (Å²) in [6, 6.07) is 11.8. The number of nitrogens with one attached hydrogen (secondary N) is 1. The molecule has 0 fully saturated rings. The summed E-state index contributed by atoms with van der Waals surface area (Å²) < 4.78 is 20.4. The fraction of sp³-hybridized carbons (Fsp3) is 0.238. The van der Waals surface area contributed by atoms with Gasteiger partial charge in [-0.05, 0) is 56.2 Å². The van der Waals surface area contributed by atoms with Gasteiger partial charge >= 0.3 is 0 Å². The Kier molecular flexibility index (Phi) is 5.07. The molecule has 4 aromatic rings. The summed E-state index contributed by atoms with van der Waals surface area (Å²) in [5.74, 6) is 0.454. The van der Waals surface area contributed by atoms with E-state index < -0.39 is 0 Å². The maximum Gasteiger partial charge on any atom is 0.291 e. The molecule has 4 rings (SSSR count). The number of rotatable bonds is 6. The van der Waals surface area contributed by atoms with Crippen molar-refractivity contribution in [2.75, 3.05) is 6.54 Å². The van der Waals surface area contributed by atoms with E-state index in [0.29, 0.717) is 18.7 Å². The molecule has 3 heterocycles. The lowest BCUT2D eigenvalue weighted by Crippen LogP contribution is -2.27. The minimum absolute atomic E-state index is 0.0718. The predicted octanol–water partition coefficient (Wildman–Crippen LogP) is 3.43. The van der Waals surface area contributed by atoms with Crippen LogP contribution in [0.1, 0.15) is 45.7 Å². The van der Waals surface area contributed by atoms with E-state index in [4.69, 9.17) is 4.42 Å². The zero-order valence-electron chi connectivity index (χ0n) is 16.1. The Balaban J connectivity index is 1.46. The lowest BCUT2D eigenvalue weighted by Gasteiger charge is -2.15. The van der Waals surface area contributed by atoms with Crippen LogP contribution >= 0.6 is 0 Å². The molecule has 148 valence electrons. The van der Waals surface area contributed by atoms with Crippen molar-refractivity contribution >= 4 is 11.7 Å². The van der Waals surface area contributed by atoms with Crippen molar-refractivity contribution in [3.63, 3.8) is 0 Å².